The molecule has 2 aromatic rings. The summed E-state index contributed by atoms with van der Waals surface area (Å²) in [5.41, 5.74) is -0.563. The fraction of sp³-hybridized carbons (Fsp3) is 0.200. The molecule has 8 heteroatoms. The van der Waals surface area contributed by atoms with Gasteiger partial charge in [0.2, 0.25) is 5.91 Å². The van der Waals surface area contributed by atoms with Crippen molar-refractivity contribution in [3.63, 3.8) is 0 Å². The van der Waals surface area contributed by atoms with E-state index in [1.54, 1.807) is 0 Å². The number of thioether (sulfide) groups is 1. The number of alkyl halides is 3. The number of carbonyl (C=O) groups excluding carboxylic acids is 1. The number of hydrogen-bond acceptors (Lipinski definition) is 4. The predicted octanol–water partition coefficient (Wildman–Crippen LogP) is 4.53. The molecule has 3 rings (SSSR count). The van der Waals surface area contributed by atoms with Crippen LogP contribution < -0.4 is 0 Å². The molecule has 1 aromatic heterocycles. The number of thiophene rings is 1. The lowest BCUT2D eigenvalue weighted by Crippen LogP contribution is -2.28. The summed E-state index contributed by atoms with van der Waals surface area (Å²) >= 11 is 2.76. The minimum absolute atomic E-state index is 0.0888. The summed E-state index contributed by atoms with van der Waals surface area (Å²) in [4.78, 5) is 18.7. The molecule has 0 atom stereocenters. The molecule has 1 aliphatic rings. The highest BCUT2D eigenvalue weighted by molar-refractivity contribution is 8.15. The van der Waals surface area contributed by atoms with Crippen molar-refractivity contribution < 1.29 is 18.0 Å². The topological polar surface area (TPSA) is 32.7 Å². The first-order valence-corrected chi connectivity index (χ1v) is 8.51. The Balaban J connectivity index is 1.87. The summed E-state index contributed by atoms with van der Waals surface area (Å²) in [6.45, 7) is 0.390. The third kappa shape index (κ3) is 3.76. The minimum Gasteiger partial charge on any atom is -0.285 e. The number of hydrogen-bond donors (Lipinski definition) is 0. The molecule has 0 radical (unpaired) electrons. The molecule has 0 saturated carbocycles. The molecule has 0 aliphatic carbocycles. The van der Waals surface area contributed by atoms with Crippen LogP contribution in [0, 0.1) is 0 Å². The van der Waals surface area contributed by atoms with Crippen molar-refractivity contribution in [3.8, 4) is 0 Å². The number of amidine groups is 1. The smallest absolute Gasteiger partial charge is 0.285 e. The molecule has 0 N–H and O–H groups in total. The van der Waals surface area contributed by atoms with Crippen LogP contribution in [0.1, 0.15) is 10.4 Å². The highest BCUT2D eigenvalue weighted by atomic mass is 32.2. The first-order valence-electron chi connectivity index (χ1n) is 6.65. The number of halogens is 3. The van der Waals surface area contributed by atoms with Crippen LogP contribution in [0.5, 0.6) is 0 Å². The van der Waals surface area contributed by atoms with Gasteiger partial charge in [-0.25, -0.2) is 4.99 Å². The third-order valence-electron chi connectivity index (χ3n) is 3.15. The zero-order valence-electron chi connectivity index (χ0n) is 11.7. The second-order valence-corrected chi connectivity index (χ2v) is 6.77. The van der Waals surface area contributed by atoms with Gasteiger partial charge >= 0.3 is 6.18 Å². The average Bonchev–Trinajstić information content (AvgIpc) is 3.12. The Hall–Kier alpha value is -1.80. The zero-order chi connectivity index (χ0) is 16.4. The molecule has 120 valence electrons. The lowest BCUT2D eigenvalue weighted by Gasteiger charge is -2.15. The van der Waals surface area contributed by atoms with E-state index in [0.717, 1.165) is 17.0 Å². The molecule has 23 heavy (non-hydrogen) atoms. The van der Waals surface area contributed by atoms with Crippen LogP contribution in [0.3, 0.4) is 0 Å². The van der Waals surface area contributed by atoms with E-state index >= 15 is 0 Å². The van der Waals surface area contributed by atoms with Crippen molar-refractivity contribution in [2.24, 2.45) is 4.99 Å². The maximum absolute atomic E-state index is 12.8. The predicted molar refractivity (Wildman–Crippen MR) is 85.9 cm³/mol. The van der Waals surface area contributed by atoms with Crippen LogP contribution >= 0.6 is 23.1 Å². The molecule has 0 spiro atoms. The van der Waals surface area contributed by atoms with E-state index in [9.17, 15) is 18.0 Å². The fourth-order valence-electron chi connectivity index (χ4n) is 2.06. The van der Waals surface area contributed by atoms with E-state index in [-0.39, 0.29) is 17.3 Å². The van der Waals surface area contributed by atoms with Gasteiger partial charge in [0.15, 0.2) is 5.17 Å². The van der Waals surface area contributed by atoms with Crippen LogP contribution in [0.25, 0.3) is 0 Å². The number of amides is 1. The number of rotatable bonds is 3. The Morgan fingerprint density at radius 3 is 2.74 bits per heavy atom. The van der Waals surface area contributed by atoms with Crippen molar-refractivity contribution in [1.29, 1.82) is 0 Å². The summed E-state index contributed by atoms with van der Waals surface area (Å²) in [6.07, 6.45) is -4.41. The SMILES string of the molecule is O=C1CSC(=Nc2cccc(C(F)(F)F)c2)N1Cc1cccs1. The molecule has 2 heterocycles. The van der Waals surface area contributed by atoms with Crippen molar-refractivity contribution in [3.05, 3.63) is 52.2 Å². The van der Waals surface area contributed by atoms with Crippen molar-refractivity contribution >= 4 is 39.9 Å². The molecule has 1 saturated heterocycles. The second kappa shape index (κ2) is 6.37. The summed E-state index contributed by atoms with van der Waals surface area (Å²) in [5, 5.41) is 2.34. The molecule has 0 bridgehead atoms. The lowest BCUT2D eigenvalue weighted by atomic mass is 10.2. The third-order valence-corrected chi connectivity index (χ3v) is 4.97. The van der Waals surface area contributed by atoms with Gasteiger partial charge in [-0.2, -0.15) is 13.2 Å². The first kappa shape index (κ1) is 16.1. The van der Waals surface area contributed by atoms with Gasteiger partial charge in [0.05, 0.1) is 23.5 Å². The normalized spacial score (nSPS) is 17.3. The van der Waals surface area contributed by atoms with Crippen LogP contribution in [0.4, 0.5) is 18.9 Å². The zero-order valence-corrected chi connectivity index (χ0v) is 13.3. The maximum Gasteiger partial charge on any atom is 0.416 e. The molecular formula is C15H11F3N2OS2. The van der Waals surface area contributed by atoms with Crippen LogP contribution in [0.15, 0.2) is 46.8 Å². The van der Waals surface area contributed by atoms with E-state index in [2.05, 4.69) is 4.99 Å². The highest BCUT2D eigenvalue weighted by Crippen LogP contribution is 2.32. The van der Waals surface area contributed by atoms with Gasteiger partial charge in [0.1, 0.15) is 0 Å². The van der Waals surface area contributed by atoms with Gasteiger partial charge in [0.25, 0.3) is 0 Å². The van der Waals surface area contributed by atoms with E-state index in [0.29, 0.717) is 11.7 Å². The quantitative estimate of drug-likeness (QED) is 0.809. The van der Waals surface area contributed by atoms with Gasteiger partial charge in [-0.3, -0.25) is 9.69 Å². The standard InChI is InChI=1S/C15H11F3N2OS2/c16-15(17,18)10-3-1-4-11(7-10)19-14-20(13(21)9-23-14)8-12-5-2-6-22-12/h1-7H,8-9H2. The molecule has 1 fully saturated rings. The van der Waals surface area contributed by atoms with Crippen molar-refractivity contribution in [2.75, 3.05) is 5.75 Å². The van der Waals surface area contributed by atoms with E-state index in [1.165, 1.54) is 40.1 Å². The molecule has 1 aromatic carbocycles. The monoisotopic (exact) mass is 356 g/mol. The minimum atomic E-state index is -4.41. The molecule has 3 nitrogen and oxygen atoms in total. The second-order valence-electron chi connectivity index (χ2n) is 4.79. The Morgan fingerprint density at radius 2 is 2.04 bits per heavy atom. The Morgan fingerprint density at radius 1 is 1.22 bits per heavy atom. The molecule has 1 aliphatic heterocycles. The Kier molecular flexibility index (Phi) is 4.45. The first-order chi connectivity index (χ1) is 10.9. The highest BCUT2D eigenvalue weighted by Gasteiger charge is 2.31. The Bertz CT molecular complexity index is 741. The maximum atomic E-state index is 12.8. The summed E-state index contributed by atoms with van der Waals surface area (Å²) < 4.78 is 38.3. The molecule has 0 unspecified atom stereocenters. The van der Waals surface area contributed by atoms with Crippen molar-refractivity contribution in [1.82, 2.24) is 4.90 Å². The Labute approximate surface area is 138 Å². The number of carbonyl (C=O) groups is 1. The summed E-state index contributed by atoms with van der Waals surface area (Å²) in [5.74, 6) is 0.164. The van der Waals surface area contributed by atoms with Crippen LogP contribution in [-0.2, 0) is 17.5 Å². The van der Waals surface area contributed by atoms with Gasteiger partial charge in [-0.05, 0) is 29.6 Å². The largest absolute Gasteiger partial charge is 0.416 e. The molecule has 1 amide bonds. The van der Waals surface area contributed by atoms with E-state index in [1.807, 2.05) is 17.5 Å². The van der Waals surface area contributed by atoms with Crippen molar-refractivity contribution in [2.45, 2.75) is 12.7 Å². The molecular weight excluding hydrogens is 345 g/mol. The lowest BCUT2D eigenvalue weighted by molar-refractivity contribution is -0.137. The van der Waals surface area contributed by atoms with Gasteiger partial charge < -0.3 is 0 Å². The number of nitrogens with zero attached hydrogens (tertiary/aromatic N) is 2. The van der Waals surface area contributed by atoms with Gasteiger partial charge in [-0.15, -0.1) is 11.3 Å². The summed E-state index contributed by atoms with van der Waals surface area (Å²) in [6, 6.07) is 8.59. The van der Waals surface area contributed by atoms with Crippen LogP contribution in [0.2, 0.25) is 0 Å². The van der Waals surface area contributed by atoms with E-state index in [4.69, 9.17) is 0 Å². The summed E-state index contributed by atoms with van der Waals surface area (Å²) in [7, 11) is 0. The fourth-order valence-corrected chi connectivity index (χ4v) is 3.65. The number of benzene rings is 1. The average molecular weight is 356 g/mol. The van der Waals surface area contributed by atoms with Crippen LogP contribution in [-0.4, -0.2) is 21.7 Å². The van der Waals surface area contributed by atoms with E-state index < -0.39 is 11.7 Å². The van der Waals surface area contributed by atoms with Gasteiger partial charge in [0, 0.05) is 4.88 Å². The number of aliphatic imine (C=N–C) groups is 1. The van der Waals surface area contributed by atoms with Gasteiger partial charge in [-0.1, -0.05) is 23.9 Å².